The standard InChI is InChI=1S/C13H14F2O/c1-4-11(9(2)8-16-3)12-7-10(14)5-6-13(12)15/h4-8H,1-3H3/b9-8+,11-4-. The van der Waals surface area contributed by atoms with Gasteiger partial charge in [0.05, 0.1) is 13.4 Å². The highest BCUT2D eigenvalue weighted by molar-refractivity contribution is 5.78. The molecule has 0 aliphatic heterocycles. The second kappa shape index (κ2) is 5.45. The minimum Gasteiger partial charge on any atom is -0.504 e. The van der Waals surface area contributed by atoms with Gasteiger partial charge in [-0.05, 0) is 43.2 Å². The van der Waals surface area contributed by atoms with E-state index in [9.17, 15) is 8.78 Å². The van der Waals surface area contributed by atoms with E-state index < -0.39 is 11.6 Å². The molecule has 0 spiro atoms. The Labute approximate surface area is 94.1 Å². The molecule has 1 rings (SSSR count). The summed E-state index contributed by atoms with van der Waals surface area (Å²) >= 11 is 0. The molecule has 16 heavy (non-hydrogen) atoms. The SMILES string of the molecule is C/C=C(/C(C)=C/OC)c1cc(F)ccc1F. The molecule has 1 aromatic carbocycles. The number of allylic oxidation sites excluding steroid dienone is 3. The van der Waals surface area contributed by atoms with Crippen LogP contribution in [0.4, 0.5) is 8.78 Å². The normalized spacial score (nSPS) is 12.8. The van der Waals surface area contributed by atoms with Crippen molar-refractivity contribution in [1.29, 1.82) is 0 Å². The van der Waals surface area contributed by atoms with Crippen LogP contribution in [0.15, 0.2) is 36.1 Å². The van der Waals surface area contributed by atoms with Crippen molar-refractivity contribution in [3.63, 3.8) is 0 Å². The van der Waals surface area contributed by atoms with E-state index in [-0.39, 0.29) is 5.56 Å². The number of ether oxygens (including phenoxy) is 1. The van der Waals surface area contributed by atoms with Gasteiger partial charge >= 0.3 is 0 Å². The third-order valence-electron chi connectivity index (χ3n) is 2.23. The van der Waals surface area contributed by atoms with Crippen molar-refractivity contribution in [3.05, 3.63) is 53.3 Å². The Hall–Kier alpha value is -1.64. The average molecular weight is 224 g/mol. The lowest BCUT2D eigenvalue weighted by Gasteiger charge is -2.09. The molecule has 0 saturated carbocycles. The van der Waals surface area contributed by atoms with E-state index in [1.807, 2.05) is 0 Å². The predicted octanol–water partition coefficient (Wildman–Crippen LogP) is 3.92. The molecular formula is C13H14F2O. The highest BCUT2D eigenvalue weighted by Gasteiger charge is 2.10. The Kier molecular flexibility index (Phi) is 4.23. The molecule has 0 heterocycles. The molecule has 0 amide bonds. The summed E-state index contributed by atoms with van der Waals surface area (Å²) in [7, 11) is 1.51. The minimum atomic E-state index is -0.457. The van der Waals surface area contributed by atoms with Crippen molar-refractivity contribution in [3.8, 4) is 0 Å². The van der Waals surface area contributed by atoms with Crippen LogP contribution in [-0.4, -0.2) is 7.11 Å². The summed E-state index contributed by atoms with van der Waals surface area (Å²) in [6, 6.07) is 3.40. The van der Waals surface area contributed by atoms with Gasteiger partial charge in [0.15, 0.2) is 0 Å². The van der Waals surface area contributed by atoms with Gasteiger partial charge in [-0.3, -0.25) is 0 Å². The zero-order valence-electron chi connectivity index (χ0n) is 9.55. The van der Waals surface area contributed by atoms with E-state index in [0.717, 1.165) is 17.7 Å². The van der Waals surface area contributed by atoms with Crippen molar-refractivity contribution in [2.75, 3.05) is 7.11 Å². The van der Waals surface area contributed by atoms with Crippen LogP contribution in [0.25, 0.3) is 5.57 Å². The molecule has 3 heteroatoms. The molecule has 0 aliphatic rings. The first-order valence-corrected chi connectivity index (χ1v) is 4.91. The third-order valence-corrected chi connectivity index (χ3v) is 2.23. The Morgan fingerprint density at radius 1 is 1.31 bits per heavy atom. The lowest BCUT2D eigenvalue weighted by molar-refractivity contribution is 0.335. The molecule has 0 N–H and O–H groups in total. The van der Waals surface area contributed by atoms with Gasteiger partial charge in [0.2, 0.25) is 0 Å². The zero-order valence-corrected chi connectivity index (χ0v) is 9.55. The first-order valence-electron chi connectivity index (χ1n) is 4.91. The quantitative estimate of drug-likeness (QED) is 0.558. The molecule has 1 nitrogen and oxygen atoms in total. The van der Waals surface area contributed by atoms with Gasteiger partial charge in [-0.15, -0.1) is 0 Å². The largest absolute Gasteiger partial charge is 0.504 e. The van der Waals surface area contributed by atoms with Crippen LogP contribution in [0.1, 0.15) is 19.4 Å². The van der Waals surface area contributed by atoms with Gasteiger partial charge in [0.1, 0.15) is 11.6 Å². The molecule has 0 aromatic heterocycles. The van der Waals surface area contributed by atoms with Gasteiger partial charge < -0.3 is 4.74 Å². The molecule has 0 radical (unpaired) electrons. The molecule has 0 fully saturated rings. The lowest BCUT2D eigenvalue weighted by atomic mass is 9.99. The fourth-order valence-corrected chi connectivity index (χ4v) is 1.54. The molecule has 0 saturated heterocycles. The second-order valence-corrected chi connectivity index (χ2v) is 3.36. The number of methoxy groups -OCH3 is 1. The molecule has 0 atom stereocenters. The highest BCUT2D eigenvalue weighted by atomic mass is 19.1. The Bertz CT molecular complexity index is 434. The monoisotopic (exact) mass is 224 g/mol. The minimum absolute atomic E-state index is 0.244. The van der Waals surface area contributed by atoms with Gasteiger partial charge in [-0.1, -0.05) is 6.08 Å². The number of halogens is 2. The van der Waals surface area contributed by atoms with E-state index in [0.29, 0.717) is 5.57 Å². The summed E-state index contributed by atoms with van der Waals surface area (Å²) in [4.78, 5) is 0. The van der Waals surface area contributed by atoms with Crippen molar-refractivity contribution >= 4 is 5.57 Å². The van der Waals surface area contributed by atoms with E-state index in [2.05, 4.69) is 0 Å². The maximum atomic E-state index is 13.5. The highest BCUT2D eigenvalue weighted by Crippen LogP contribution is 2.25. The maximum absolute atomic E-state index is 13.5. The van der Waals surface area contributed by atoms with E-state index in [1.165, 1.54) is 19.4 Å². The number of hydrogen-bond acceptors (Lipinski definition) is 1. The number of rotatable bonds is 3. The molecule has 86 valence electrons. The summed E-state index contributed by atoms with van der Waals surface area (Å²) < 4.78 is 31.4. The summed E-state index contributed by atoms with van der Waals surface area (Å²) in [6.45, 7) is 3.55. The second-order valence-electron chi connectivity index (χ2n) is 3.36. The van der Waals surface area contributed by atoms with E-state index in [4.69, 9.17) is 4.74 Å². The van der Waals surface area contributed by atoms with Crippen LogP contribution >= 0.6 is 0 Å². The first-order chi connectivity index (χ1) is 7.60. The van der Waals surface area contributed by atoms with Gasteiger partial charge in [-0.25, -0.2) is 8.78 Å². The summed E-state index contributed by atoms with van der Waals surface area (Å²) in [6.07, 6.45) is 3.22. The molecule has 0 unspecified atom stereocenters. The topological polar surface area (TPSA) is 9.23 Å². The van der Waals surface area contributed by atoms with E-state index in [1.54, 1.807) is 19.9 Å². The summed E-state index contributed by atoms with van der Waals surface area (Å²) in [5.74, 6) is -0.903. The number of benzene rings is 1. The first kappa shape index (κ1) is 12.4. The Balaban J connectivity index is 3.25. The summed E-state index contributed by atoms with van der Waals surface area (Å²) in [5, 5.41) is 0. The van der Waals surface area contributed by atoms with Gasteiger partial charge in [0, 0.05) is 5.56 Å². The van der Waals surface area contributed by atoms with Gasteiger partial charge in [0.25, 0.3) is 0 Å². The van der Waals surface area contributed by atoms with Crippen molar-refractivity contribution in [2.45, 2.75) is 13.8 Å². The van der Waals surface area contributed by atoms with Crippen LogP contribution < -0.4 is 0 Å². The van der Waals surface area contributed by atoms with E-state index >= 15 is 0 Å². The average Bonchev–Trinajstić information content (AvgIpc) is 2.24. The smallest absolute Gasteiger partial charge is 0.131 e. The van der Waals surface area contributed by atoms with Gasteiger partial charge in [-0.2, -0.15) is 0 Å². The third kappa shape index (κ3) is 2.69. The Morgan fingerprint density at radius 2 is 2.00 bits per heavy atom. The fraction of sp³-hybridized carbons (Fsp3) is 0.231. The number of hydrogen-bond donors (Lipinski definition) is 0. The Morgan fingerprint density at radius 3 is 2.56 bits per heavy atom. The fourth-order valence-electron chi connectivity index (χ4n) is 1.54. The predicted molar refractivity (Wildman–Crippen MR) is 60.8 cm³/mol. The lowest BCUT2D eigenvalue weighted by Crippen LogP contribution is -1.93. The van der Waals surface area contributed by atoms with Crippen molar-refractivity contribution < 1.29 is 13.5 Å². The maximum Gasteiger partial charge on any atom is 0.131 e. The zero-order chi connectivity index (χ0) is 12.1. The van der Waals surface area contributed by atoms with Crippen molar-refractivity contribution in [1.82, 2.24) is 0 Å². The molecule has 1 aromatic rings. The van der Waals surface area contributed by atoms with Crippen LogP contribution in [0.5, 0.6) is 0 Å². The summed E-state index contributed by atoms with van der Waals surface area (Å²) in [5.41, 5.74) is 1.61. The molecular weight excluding hydrogens is 210 g/mol. The molecule has 0 aliphatic carbocycles. The molecule has 0 bridgehead atoms. The van der Waals surface area contributed by atoms with Crippen LogP contribution in [0.2, 0.25) is 0 Å². The van der Waals surface area contributed by atoms with Crippen LogP contribution in [0, 0.1) is 11.6 Å². The van der Waals surface area contributed by atoms with Crippen LogP contribution in [-0.2, 0) is 4.74 Å². The van der Waals surface area contributed by atoms with Crippen molar-refractivity contribution in [2.24, 2.45) is 0 Å². The van der Waals surface area contributed by atoms with Crippen LogP contribution in [0.3, 0.4) is 0 Å².